The maximum atomic E-state index is 13.1. The smallest absolute Gasteiger partial charge is 0.254 e. The van der Waals surface area contributed by atoms with Crippen LogP contribution in [0.3, 0.4) is 0 Å². The number of aryl methyl sites for hydroxylation is 2. The number of amides is 1. The molecule has 0 bridgehead atoms. The minimum absolute atomic E-state index is 0.166. The normalized spacial score (nSPS) is 23.5. The first kappa shape index (κ1) is 13.8. The SMILES string of the molecule is CC1CC(CN)CN1C(=O)c1ccc2c3c(cccc13)CC2. The summed E-state index contributed by atoms with van der Waals surface area (Å²) < 4.78 is 0. The van der Waals surface area contributed by atoms with E-state index in [1.165, 1.54) is 16.5 Å². The van der Waals surface area contributed by atoms with Gasteiger partial charge in [-0.25, -0.2) is 0 Å². The van der Waals surface area contributed by atoms with Crippen molar-refractivity contribution in [2.24, 2.45) is 11.7 Å². The van der Waals surface area contributed by atoms with Crippen molar-refractivity contribution in [1.82, 2.24) is 4.90 Å². The van der Waals surface area contributed by atoms with Crippen LogP contribution in [0.4, 0.5) is 0 Å². The van der Waals surface area contributed by atoms with Crippen LogP contribution in [0.15, 0.2) is 30.3 Å². The van der Waals surface area contributed by atoms with Gasteiger partial charge in [-0.05, 0) is 66.6 Å². The lowest BCUT2D eigenvalue weighted by molar-refractivity contribution is 0.0745. The van der Waals surface area contributed by atoms with E-state index in [1.54, 1.807) is 0 Å². The fourth-order valence-corrected chi connectivity index (χ4v) is 4.18. The average Bonchev–Trinajstić information content (AvgIpc) is 3.12. The molecule has 114 valence electrons. The molecule has 0 aromatic heterocycles. The Hall–Kier alpha value is -1.87. The zero-order valence-corrected chi connectivity index (χ0v) is 13.0. The fraction of sp³-hybridized carbons (Fsp3) is 0.421. The molecular formula is C19H22N2O. The van der Waals surface area contributed by atoms with Crippen molar-refractivity contribution < 1.29 is 4.79 Å². The Labute approximate surface area is 131 Å². The van der Waals surface area contributed by atoms with Gasteiger partial charge in [0.1, 0.15) is 0 Å². The first-order valence-corrected chi connectivity index (χ1v) is 8.23. The lowest BCUT2D eigenvalue weighted by atomic mass is 9.99. The molecule has 1 aliphatic heterocycles. The van der Waals surface area contributed by atoms with Gasteiger partial charge in [-0.15, -0.1) is 0 Å². The number of likely N-dealkylation sites (tertiary alicyclic amines) is 1. The van der Waals surface area contributed by atoms with Crippen molar-refractivity contribution in [2.75, 3.05) is 13.1 Å². The molecule has 1 aliphatic carbocycles. The molecule has 1 heterocycles. The second kappa shape index (κ2) is 5.10. The summed E-state index contributed by atoms with van der Waals surface area (Å²) in [5.74, 6) is 0.606. The monoisotopic (exact) mass is 294 g/mol. The molecule has 2 atom stereocenters. The molecule has 3 heteroatoms. The van der Waals surface area contributed by atoms with Crippen LogP contribution in [0.2, 0.25) is 0 Å². The van der Waals surface area contributed by atoms with Crippen LogP contribution in [0.25, 0.3) is 10.8 Å². The Morgan fingerprint density at radius 1 is 1.23 bits per heavy atom. The Bertz CT molecular complexity index is 742. The van der Waals surface area contributed by atoms with Crippen LogP contribution in [-0.4, -0.2) is 29.9 Å². The van der Waals surface area contributed by atoms with Crippen LogP contribution >= 0.6 is 0 Å². The van der Waals surface area contributed by atoms with E-state index in [0.29, 0.717) is 12.5 Å². The minimum Gasteiger partial charge on any atom is -0.336 e. The predicted molar refractivity (Wildman–Crippen MR) is 89.0 cm³/mol. The summed E-state index contributed by atoms with van der Waals surface area (Å²) in [7, 11) is 0. The number of hydrogen-bond acceptors (Lipinski definition) is 2. The zero-order valence-electron chi connectivity index (χ0n) is 13.0. The highest BCUT2D eigenvalue weighted by molar-refractivity contribution is 6.09. The number of carbonyl (C=O) groups is 1. The van der Waals surface area contributed by atoms with E-state index in [-0.39, 0.29) is 11.9 Å². The van der Waals surface area contributed by atoms with Crippen LogP contribution in [-0.2, 0) is 12.8 Å². The highest BCUT2D eigenvalue weighted by Crippen LogP contribution is 2.34. The van der Waals surface area contributed by atoms with Crippen molar-refractivity contribution in [3.63, 3.8) is 0 Å². The Kier molecular flexibility index (Phi) is 3.19. The molecule has 4 rings (SSSR count). The lowest BCUT2D eigenvalue weighted by Crippen LogP contribution is -2.34. The number of carbonyl (C=O) groups excluding carboxylic acids is 1. The van der Waals surface area contributed by atoms with Crippen molar-refractivity contribution >= 4 is 16.7 Å². The van der Waals surface area contributed by atoms with Crippen LogP contribution in [0, 0.1) is 5.92 Å². The molecule has 0 saturated carbocycles. The molecule has 0 spiro atoms. The van der Waals surface area contributed by atoms with Gasteiger partial charge in [0.15, 0.2) is 0 Å². The zero-order chi connectivity index (χ0) is 15.3. The van der Waals surface area contributed by atoms with E-state index < -0.39 is 0 Å². The topological polar surface area (TPSA) is 46.3 Å². The summed E-state index contributed by atoms with van der Waals surface area (Å²) in [5.41, 5.74) is 9.42. The Morgan fingerprint density at radius 2 is 2.00 bits per heavy atom. The third kappa shape index (κ3) is 1.96. The van der Waals surface area contributed by atoms with Crippen molar-refractivity contribution in [1.29, 1.82) is 0 Å². The molecular weight excluding hydrogens is 272 g/mol. The maximum Gasteiger partial charge on any atom is 0.254 e. The van der Waals surface area contributed by atoms with E-state index in [9.17, 15) is 4.79 Å². The standard InChI is InChI=1S/C19H22N2O/c1-12-9-13(10-20)11-21(12)19(22)17-8-7-15-6-5-14-3-2-4-16(17)18(14)15/h2-4,7-8,12-13H,5-6,9-11,20H2,1H3. The number of nitrogens with two attached hydrogens (primary N) is 1. The van der Waals surface area contributed by atoms with Gasteiger partial charge in [0.25, 0.3) is 5.91 Å². The van der Waals surface area contributed by atoms with Gasteiger partial charge < -0.3 is 10.6 Å². The molecule has 1 saturated heterocycles. The largest absolute Gasteiger partial charge is 0.336 e. The summed E-state index contributed by atoms with van der Waals surface area (Å²) in [6.45, 7) is 3.59. The van der Waals surface area contributed by atoms with Crippen molar-refractivity contribution in [3.8, 4) is 0 Å². The average molecular weight is 294 g/mol. The summed E-state index contributed by atoms with van der Waals surface area (Å²) >= 11 is 0. The van der Waals surface area contributed by atoms with Gasteiger partial charge in [-0.1, -0.05) is 24.3 Å². The summed E-state index contributed by atoms with van der Waals surface area (Å²) in [6, 6.07) is 10.8. The van der Waals surface area contributed by atoms with Crippen LogP contribution < -0.4 is 5.73 Å². The van der Waals surface area contributed by atoms with Gasteiger partial charge in [0.2, 0.25) is 0 Å². The summed E-state index contributed by atoms with van der Waals surface area (Å²) in [6.07, 6.45) is 3.21. The molecule has 2 aromatic carbocycles. The third-order valence-electron chi connectivity index (χ3n) is 5.36. The second-order valence-corrected chi connectivity index (χ2v) is 6.76. The number of benzene rings is 2. The maximum absolute atomic E-state index is 13.1. The second-order valence-electron chi connectivity index (χ2n) is 6.76. The van der Waals surface area contributed by atoms with E-state index >= 15 is 0 Å². The highest BCUT2D eigenvalue weighted by atomic mass is 16.2. The first-order chi connectivity index (χ1) is 10.7. The van der Waals surface area contributed by atoms with E-state index in [1.807, 2.05) is 11.0 Å². The van der Waals surface area contributed by atoms with Gasteiger partial charge >= 0.3 is 0 Å². The molecule has 0 radical (unpaired) electrons. The third-order valence-corrected chi connectivity index (χ3v) is 5.36. The fourth-order valence-electron chi connectivity index (χ4n) is 4.18. The summed E-state index contributed by atoms with van der Waals surface area (Å²) in [4.78, 5) is 15.1. The van der Waals surface area contributed by atoms with Crippen LogP contribution in [0.5, 0.6) is 0 Å². The van der Waals surface area contributed by atoms with Gasteiger partial charge in [-0.3, -0.25) is 4.79 Å². The van der Waals surface area contributed by atoms with E-state index in [0.717, 1.165) is 36.8 Å². The number of nitrogens with zero attached hydrogens (tertiary/aromatic N) is 1. The Balaban J connectivity index is 1.78. The summed E-state index contributed by atoms with van der Waals surface area (Å²) in [5, 5.41) is 2.44. The lowest BCUT2D eigenvalue weighted by Gasteiger charge is -2.22. The first-order valence-electron chi connectivity index (χ1n) is 8.23. The molecule has 2 N–H and O–H groups in total. The van der Waals surface area contributed by atoms with Gasteiger partial charge in [0.05, 0.1) is 0 Å². The molecule has 3 nitrogen and oxygen atoms in total. The molecule has 2 aromatic rings. The molecule has 2 aliphatic rings. The number of hydrogen-bond donors (Lipinski definition) is 1. The Morgan fingerprint density at radius 3 is 2.73 bits per heavy atom. The van der Waals surface area contributed by atoms with Crippen molar-refractivity contribution in [2.45, 2.75) is 32.2 Å². The van der Waals surface area contributed by atoms with E-state index in [4.69, 9.17) is 5.73 Å². The van der Waals surface area contributed by atoms with Gasteiger partial charge in [0, 0.05) is 18.2 Å². The molecule has 1 fully saturated rings. The van der Waals surface area contributed by atoms with E-state index in [2.05, 4.69) is 31.2 Å². The predicted octanol–water partition coefficient (Wildman–Crippen LogP) is 2.75. The van der Waals surface area contributed by atoms with Crippen LogP contribution in [0.1, 0.15) is 34.8 Å². The molecule has 2 unspecified atom stereocenters. The highest BCUT2D eigenvalue weighted by Gasteiger charge is 2.33. The molecule has 22 heavy (non-hydrogen) atoms. The quantitative estimate of drug-likeness (QED) is 0.925. The van der Waals surface area contributed by atoms with Gasteiger partial charge in [-0.2, -0.15) is 0 Å². The minimum atomic E-state index is 0.166. The number of rotatable bonds is 2. The molecule has 1 amide bonds. The van der Waals surface area contributed by atoms with Crippen molar-refractivity contribution in [3.05, 3.63) is 47.0 Å².